The van der Waals surface area contributed by atoms with Gasteiger partial charge in [0.25, 0.3) is 0 Å². The van der Waals surface area contributed by atoms with Crippen LogP contribution in [-0.4, -0.2) is 35.0 Å². The molecule has 0 amide bonds. The van der Waals surface area contributed by atoms with Gasteiger partial charge in [0.2, 0.25) is 0 Å². The molecular formula is C13H21N5S. The Labute approximate surface area is 117 Å². The molecule has 0 saturated heterocycles. The molecule has 19 heavy (non-hydrogen) atoms. The van der Waals surface area contributed by atoms with Crippen molar-refractivity contribution in [2.75, 3.05) is 25.9 Å². The van der Waals surface area contributed by atoms with E-state index in [1.54, 1.807) is 11.3 Å². The number of fused-ring (bicyclic) bond motifs is 1. The zero-order valence-corrected chi connectivity index (χ0v) is 12.5. The van der Waals surface area contributed by atoms with Crippen LogP contribution in [0.1, 0.15) is 22.7 Å². The first-order valence-corrected chi connectivity index (χ1v) is 7.25. The van der Waals surface area contributed by atoms with E-state index in [2.05, 4.69) is 28.7 Å². The molecule has 5 nitrogen and oxygen atoms in total. The Kier molecular flexibility index (Phi) is 4.34. The fourth-order valence-electron chi connectivity index (χ4n) is 2.08. The van der Waals surface area contributed by atoms with Crippen molar-refractivity contribution >= 4 is 27.4 Å². The first kappa shape index (κ1) is 14.2. The van der Waals surface area contributed by atoms with Gasteiger partial charge in [-0.15, -0.1) is 11.3 Å². The van der Waals surface area contributed by atoms with Gasteiger partial charge in [0.1, 0.15) is 16.5 Å². The van der Waals surface area contributed by atoms with Crippen molar-refractivity contribution < 1.29 is 0 Å². The van der Waals surface area contributed by atoms with E-state index in [1.165, 1.54) is 10.4 Å². The summed E-state index contributed by atoms with van der Waals surface area (Å²) in [6.07, 6.45) is 0.978. The minimum absolute atomic E-state index is 0.592. The number of nitrogen functional groups attached to an aromatic ring is 1. The van der Waals surface area contributed by atoms with E-state index in [9.17, 15) is 0 Å². The first-order chi connectivity index (χ1) is 9.02. The summed E-state index contributed by atoms with van der Waals surface area (Å²) in [4.78, 5) is 13.5. The highest BCUT2D eigenvalue weighted by Gasteiger charge is 2.13. The smallest absolute Gasteiger partial charge is 0.146 e. The van der Waals surface area contributed by atoms with Gasteiger partial charge in [-0.05, 0) is 46.0 Å². The van der Waals surface area contributed by atoms with Crippen LogP contribution in [0.2, 0.25) is 0 Å². The average molecular weight is 279 g/mol. The van der Waals surface area contributed by atoms with Gasteiger partial charge in [-0.25, -0.2) is 9.97 Å². The SMILES string of the molecule is Cc1sc2nc(CN(C)CCCN)nc(N)c2c1C. The number of thiophene rings is 1. The molecular weight excluding hydrogens is 258 g/mol. The van der Waals surface area contributed by atoms with Crippen LogP contribution in [0.3, 0.4) is 0 Å². The van der Waals surface area contributed by atoms with Crippen LogP contribution in [0.25, 0.3) is 10.2 Å². The lowest BCUT2D eigenvalue weighted by molar-refractivity contribution is 0.316. The number of nitrogens with zero attached hydrogens (tertiary/aromatic N) is 3. The van der Waals surface area contributed by atoms with Crippen molar-refractivity contribution in [3.05, 3.63) is 16.3 Å². The van der Waals surface area contributed by atoms with Crippen molar-refractivity contribution in [3.8, 4) is 0 Å². The summed E-state index contributed by atoms with van der Waals surface area (Å²) < 4.78 is 0. The van der Waals surface area contributed by atoms with E-state index in [4.69, 9.17) is 11.5 Å². The predicted molar refractivity (Wildman–Crippen MR) is 81.3 cm³/mol. The predicted octanol–water partition coefficient (Wildman–Crippen LogP) is 1.67. The Hall–Kier alpha value is -1.24. The van der Waals surface area contributed by atoms with E-state index in [0.717, 1.165) is 29.0 Å². The maximum absolute atomic E-state index is 6.06. The fourth-order valence-corrected chi connectivity index (χ4v) is 3.13. The largest absolute Gasteiger partial charge is 0.383 e. The van der Waals surface area contributed by atoms with Crippen molar-refractivity contribution in [2.24, 2.45) is 5.73 Å². The summed E-state index contributed by atoms with van der Waals surface area (Å²) in [5, 5.41) is 1.01. The second-order valence-corrected chi connectivity index (χ2v) is 6.07. The van der Waals surface area contributed by atoms with E-state index in [0.29, 0.717) is 18.9 Å². The van der Waals surface area contributed by atoms with Crippen LogP contribution in [-0.2, 0) is 6.54 Å². The molecule has 104 valence electrons. The molecule has 0 radical (unpaired) electrons. The normalized spacial score (nSPS) is 11.6. The van der Waals surface area contributed by atoms with Gasteiger partial charge in [-0.2, -0.15) is 0 Å². The van der Waals surface area contributed by atoms with Crippen molar-refractivity contribution in [1.82, 2.24) is 14.9 Å². The molecule has 0 atom stereocenters. The molecule has 2 rings (SSSR count). The molecule has 0 saturated carbocycles. The second kappa shape index (κ2) is 5.81. The standard InChI is InChI=1S/C13H21N5S/c1-8-9(2)19-13-11(8)12(15)16-10(17-13)7-18(3)6-4-5-14/h4-7,14H2,1-3H3,(H2,15,16,17). The van der Waals surface area contributed by atoms with Crippen LogP contribution in [0.5, 0.6) is 0 Å². The van der Waals surface area contributed by atoms with Crippen LogP contribution in [0.4, 0.5) is 5.82 Å². The Balaban J connectivity index is 2.26. The molecule has 0 bridgehead atoms. The fraction of sp³-hybridized carbons (Fsp3) is 0.538. The van der Waals surface area contributed by atoms with Crippen molar-refractivity contribution in [2.45, 2.75) is 26.8 Å². The molecule has 0 fully saturated rings. The number of aryl methyl sites for hydroxylation is 2. The third kappa shape index (κ3) is 3.02. The van der Waals surface area contributed by atoms with Crippen molar-refractivity contribution in [3.63, 3.8) is 0 Å². The van der Waals surface area contributed by atoms with Gasteiger partial charge < -0.3 is 11.5 Å². The number of rotatable bonds is 5. The van der Waals surface area contributed by atoms with Gasteiger partial charge >= 0.3 is 0 Å². The zero-order chi connectivity index (χ0) is 14.0. The lowest BCUT2D eigenvalue weighted by atomic mass is 10.2. The highest BCUT2D eigenvalue weighted by Crippen LogP contribution is 2.31. The van der Waals surface area contributed by atoms with Crippen LogP contribution >= 0.6 is 11.3 Å². The van der Waals surface area contributed by atoms with Crippen LogP contribution in [0.15, 0.2) is 0 Å². The Morgan fingerprint density at radius 3 is 2.68 bits per heavy atom. The summed E-state index contributed by atoms with van der Waals surface area (Å²) in [5.41, 5.74) is 12.8. The molecule has 4 N–H and O–H groups in total. The zero-order valence-electron chi connectivity index (χ0n) is 11.7. The van der Waals surface area contributed by atoms with E-state index in [1.807, 2.05) is 7.05 Å². The molecule has 0 aliphatic rings. The molecule has 0 unspecified atom stereocenters. The molecule has 0 aliphatic carbocycles. The quantitative estimate of drug-likeness (QED) is 0.870. The average Bonchev–Trinajstić information content (AvgIpc) is 2.62. The molecule has 2 aromatic heterocycles. The topological polar surface area (TPSA) is 81.1 Å². The van der Waals surface area contributed by atoms with Gasteiger partial charge in [-0.1, -0.05) is 0 Å². The molecule has 0 spiro atoms. The Morgan fingerprint density at radius 1 is 1.26 bits per heavy atom. The minimum atomic E-state index is 0.592. The number of aromatic nitrogens is 2. The first-order valence-electron chi connectivity index (χ1n) is 6.43. The van der Waals surface area contributed by atoms with E-state index >= 15 is 0 Å². The van der Waals surface area contributed by atoms with Crippen LogP contribution < -0.4 is 11.5 Å². The monoisotopic (exact) mass is 279 g/mol. The van der Waals surface area contributed by atoms with Gasteiger partial charge in [-0.3, -0.25) is 4.90 Å². The molecule has 6 heteroatoms. The third-order valence-electron chi connectivity index (χ3n) is 3.26. The number of hydrogen-bond acceptors (Lipinski definition) is 6. The van der Waals surface area contributed by atoms with E-state index < -0.39 is 0 Å². The highest BCUT2D eigenvalue weighted by atomic mass is 32.1. The summed E-state index contributed by atoms with van der Waals surface area (Å²) >= 11 is 1.68. The Morgan fingerprint density at radius 2 is 2.00 bits per heavy atom. The van der Waals surface area contributed by atoms with Crippen LogP contribution in [0, 0.1) is 13.8 Å². The summed E-state index contributed by atoms with van der Waals surface area (Å²) in [5.74, 6) is 1.37. The summed E-state index contributed by atoms with van der Waals surface area (Å²) in [6, 6.07) is 0. The Bertz CT molecular complexity index is 578. The van der Waals surface area contributed by atoms with E-state index in [-0.39, 0.29) is 0 Å². The number of nitrogens with two attached hydrogens (primary N) is 2. The lowest BCUT2D eigenvalue weighted by Gasteiger charge is -2.15. The summed E-state index contributed by atoms with van der Waals surface area (Å²) in [6.45, 7) is 6.52. The number of anilines is 1. The molecule has 2 aromatic rings. The molecule has 0 aromatic carbocycles. The maximum Gasteiger partial charge on any atom is 0.146 e. The van der Waals surface area contributed by atoms with Gasteiger partial charge in [0.05, 0.1) is 11.9 Å². The lowest BCUT2D eigenvalue weighted by Crippen LogP contribution is -2.22. The highest BCUT2D eigenvalue weighted by molar-refractivity contribution is 7.18. The molecule has 0 aliphatic heterocycles. The third-order valence-corrected chi connectivity index (χ3v) is 4.36. The number of hydrogen-bond donors (Lipinski definition) is 2. The van der Waals surface area contributed by atoms with Crippen molar-refractivity contribution in [1.29, 1.82) is 0 Å². The summed E-state index contributed by atoms with van der Waals surface area (Å²) in [7, 11) is 2.05. The molecule has 2 heterocycles. The maximum atomic E-state index is 6.06. The van der Waals surface area contributed by atoms with Gasteiger partial charge in [0, 0.05) is 4.88 Å². The van der Waals surface area contributed by atoms with Gasteiger partial charge in [0.15, 0.2) is 0 Å². The minimum Gasteiger partial charge on any atom is -0.383 e. The second-order valence-electron chi connectivity index (χ2n) is 4.87.